The van der Waals surface area contributed by atoms with Crippen LogP contribution in [0.15, 0.2) is 267 Å². The maximum atomic E-state index is 2.48. The van der Waals surface area contributed by atoms with Crippen LogP contribution in [0.1, 0.15) is 68.6 Å². The standard InChI is InChI=1S/C81H63N3/c1-4-17-53-28-38-61(39-29-53)82-74-26-15-13-20-64(74)70-48-57(34-44-76(70)82)59-36-46-78-72(50-59)73-51-60(58-35-45-77-71(49-58)65-21-14-16-27-75(65)83(77)62-40-30-54(31-41-62)52(3)5-2)37-47-79(73)84(78)63-42-32-56(33-43-63)81-68-24-11-9-22-66(68)80(55-18-7-6-8-19-55)67-23-10-12-25-69(67)81/h6-16,18,20-52,55H,4-5,17,19H2,1-3H3. The fourth-order valence-corrected chi connectivity index (χ4v) is 14.3. The van der Waals surface area contributed by atoms with Gasteiger partial charge in [0.2, 0.25) is 0 Å². The molecule has 2 unspecified atom stereocenters. The molecule has 16 rings (SSSR count). The van der Waals surface area contributed by atoms with Crippen molar-refractivity contribution in [3.63, 3.8) is 0 Å². The van der Waals surface area contributed by atoms with Gasteiger partial charge in [-0.05, 0) is 194 Å². The monoisotopic (exact) mass is 1080 g/mol. The zero-order valence-corrected chi connectivity index (χ0v) is 47.7. The number of aryl methyl sites for hydroxylation is 1. The van der Waals surface area contributed by atoms with Crippen molar-refractivity contribution in [3.8, 4) is 50.4 Å². The van der Waals surface area contributed by atoms with Gasteiger partial charge in [0.15, 0.2) is 0 Å². The smallest absolute Gasteiger partial charge is 0.0541 e. The topological polar surface area (TPSA) is 14.8 Å². The Kier molecular flexibility index (Phi) is 12.0. The van der Waals surface area contributed by atoms with Crippen molar-refractivity contribution in [1.29, 1.82) is 0 Å². The summed E-state index contributed by atoms with van der Waals surface area (Å²) in [6.07, 6.45) is 13.4. The minimum absolute atomic E-state index is 0.327. The van der Waals surface area contributed by atoms with Gasteiger partial charge in [0.25, 0.3) is 0 Å². The fraction of sp³-hybridized carbons (Fsp3) is 0.111. The number of fused-ring (bicyclic) bond motifs is 11. The Hall–Kier alpha value is -9.96. The summed E-state index contributed by atoms with van der Waals surface area (Å²) in [5, 5.41) is 12.7. The lowest BCUT2D eigenvalue weighted by molar-refractivity contribution is 0.733. The Morgan fingerprint density at radius 1 is 0.369 bits per heavy atom. The molecule has 12 aromatic carbocycles. The van der Waals surface area contributed by atoms with Crippen LogP contribution in [0.4, 0.5) is 0 Å². The second-order valence-electron chi connectivity index (χ2n) is 23.4. The molecule has 0 saturated heterocycles. The van der Waals surface area contributed by atoms with Crippen LogP contribution in [-0.2, 0) is 6.42 Å². The first-order valence-corrected chi connectivity index (χ1v) is 30.2. The van der Waals surface area contributed by atoms with Gasteiger partial charge >= 0.3 is 0 Å². The molecule has 0 saturated carbocycles. The Bertz CT molecular complexity index is 5100. The molecule has 84 heavy (non-hydrogen) atoms. The maximum absolute atomic E-state index is 2.48. The summed E-state index contributed by atoms with van der Waals surface area (Å²) in [6.45, 7) is 6.83. The number of aromatic nitrogens is 3. The van der Waals surface area contributed by atoms with Crippen molar-refractivity contribution in [3.05, 3.63) is 284 Å². The van der Waals surface area contributed by atoms with Crippen LogP contribution in [0.25, 0.3) is 137 Å². The summed E-state index contributed by atoms with van der Waals surface area (Å²) in [5.41, 5.74) is 22.2. The normalized spacial score (nSPS) is 14.0. The fourth-order valence-electron chi connectivity index (χ4n) is 14.3. The van der Waals surface area contributed by atoms with E-state index in [4.69, 9.17) is 0 Å². The lowest BCUT2D eigenvalue weighted by Gasteiger charge is -2.22. The Morgan fingerprint density at radius 2 is 0.750 bits per heavy atom. The highest BCUT2D eigenvalue weighted by molar-refractivity contribution is 6.17. The van der Waals surface area contributed by atoms with E-state index >= 15 is 0 Å². The lowest BCUT2D eigenvalue weighted by atomic mass is 9.81. The molecule has 0 spiro atoms. The van der Waals surface area contributed by atoms with Gasteiger partial charge in [-0.3, -0.25) is 0 Å². The number of benzene rings is 12. The summed E-state index contributed by atoms with van der Waals surface area (Å²) >= 11 is 0. The van der Waals surface area contributed by atoms with Gasteiger partial charge < -0.3 is 13.7 Å². The highest BCUT2D eigenvalue weighted by Crippen LogP contribution is 2.46. The van der Waals surface area contributed by atoms with E-state index in [1.54, 1.807) is 0 Å². The molecule has 0 fully saturated rings. The van der Waals surface area contributed by atoms with Crippen LogP contribution in [0.2, 0.25) is 0 Å². The molecule has 3 heterocycles. The van der Waals surface area contributed by atoms with Crippen molar-refractivity contribution >= 4 is 87.0 Å². The number of para-hydroxylation sites is 2. The summed E-state index contributed by atoms with van der Waals surface area (Å²) in [7, 11) is 0. The van der Waals surface area contributed by atoms with E-state index < -0.39 is 0 Å². The first-order valence-electron chi connectivity index (χ1n) is 30.2. The van der Waals surface area contributed by atoms with Crippen LogP contribution in [-0.4, -0.2) is 13.7 Å². The molecule has 2 atom stereocenters. The predicted molar refractivity (Wildman–Crippen MR) is 359 cm³/mol. The van der Waals surface area contributed by atoms with E-state index in [1.165, 1.54) is 148 Å². The molecule has 1 aliphatic rings. The van der Waals surface area contributed by atoms with Gasteiger partial charge in [-0.15, -0.1) is 0 Å². The van der Waals surface area contributed by atoms with Crippen LogP contribution in [0, 0.1) is 0 Å². The number of nitrogens with zero attached hydrogens (tertiary/aromatic N) is 3. The molecule has 1 aliphatic carbocycles. The number of allylic oxidation sites excluding steroid dienone is 4. The number of hydrogen-bond acceptors (Lipinski definition) is 0. The molecule has 0 aliphatic heterocycles. The molecule has 3 aromatic heterocycles. The van der Waals surface area contributed by atoms with Gasteiger partial charge in [0.1, 0.15) is 0 Å². The van der Waals surface area contributed by atoms with E-state index in [0.29, 0.717) is 11.8 Å². The molecular weight excluding hydrogens is 1010 g/mol. The Labute approximate surface area is 490 Å². The van der Waals surface area contributed by atoms with Gasteiger partial charge in [-0.25, -0.2) is 0 Å². The summed E-state index contributed by atoms with van der Waals surface area (Å²) in [5.74, 6) is 0.854. The van der Waals surface area contributed by atoms with Crippen LogP contribution < -0.4 is 0 Å². The molecule has 402 valence electrons. The molecule has 0 amide bonds. The van der Waals surface area contributed by atoms with Gasteiger partial charge in [-0.2, -0.15) is 0 Å². The van der Waals surface area contributed by atoms with E-state index in [0.717, 1.165) is 31.4 Å². The average Bonchev–Trinajstić information content (AvgIpc) is 2.42. The lowest BCUT2D eigenvalue weighted by Crippen LogP contribution is -2.01. The molecule has 0 bridgehead atoms. The summed E-state index contributed by atoms with van der Waals surface area (Å²) in [6, 6.07) is 92.0. The highest BCUT2D eigenvalue weighted by atomic mass is 15.0. The van der Waals surface area contributed by atoms with Gasteiger partial charge in [-0.1, -0.05) is 197 Å². The second kappa shape index (κ2) is 20.2. The highest BCUT2D eigenvalue weighted by Gasteiger charge is 2.23. The summed E-state index contributed by atoms with van der Waals surface area (Å²) < 4.78 is 7.35. The number of hydrogen-bond donors (Lipinski definition) is 0. The SMILES string of the molecule is CCCc1ccc(-n2c3ccccc3c3cc(-c4ccc5c(c4)c4cc(-c6ccc7c(c6)c6ccccc6n7-c6ccc(C(C)CC)cc6)ccc4n5-c4ccc(-c5c6ccccc6c(C6C=CC=CC6)c6ccccc56)cc4)ccc32)cc1. The summed E-state index contributed by atoms with van der Waals surface area (Å²) in [4.78, 5) is 0. The van der Waals surface area contributed by atoms with Crippen molar-refractivity contribution < 1.29 is 0 Å². The van der Waals surface area contributed by atoms with E-state index in [9.17, 15) is 0 Å². The maximum Gasteiger partial charge on any atom is 0.0541 e. The second-order valence-corrected chi connectivity index (χ2v) is 23.4. The molecule has 0 radical (unpaired) electrons. The zero-order valence-electron chi connectivity index (χ0n) is 47.7. The Balaban J connectivity index is 0.858. The number of rotatable bonds is 11. The van der Waals surface area contributed by atoms with Crippen molar-refractivity contribution in [2.45, 2.75) is 58.3 Å². The third-order valence-corrected chi connectivity index (χ3v) is 18.6. The van der Waals surface area contributed by atoms with Crippen LogP contribution >= 0.6 is 0 Å². The predicted octanol–water partition coefficient (Wildman–Crippen LogP) is 22.4. The largest absolute Gasteiger partial charge is 0.309 e. The van der Waals surface area contributed by atoms with E-state index in [1.807, 2.05) is 0 Å². The molecule has 0 N–H and O–H groups in total. The zero-order chi connectivity index (χ0) is 56.0. The molecule has 3 heteroatoms. The van der Waals surface area contributed by atoms with Crippen LogP contribution in [0.5, 0.6) is 0 Å². The minimum Gasteiger partial charge on any atom is -0.309 e. The quantitative estimate of drug-likeness (QED) is 0.115. The van der Waals surface area contributed by atoms with Crippen molar-refractivity contribution in [2.24, 2.45) is 0 Å². The Morgan fingerprint density at radius 3 is 1.18 bits per heavy atom. The molecular formula is C81H63N3. The van der Waals surface area contributed by atoms with Crippen molar-refractivity contribution in [1.82, 2.24) is 13.7 Å². The van der Waals surface area contributed by atoms with Crippen molar-refractivity contribution in [2.75, 3.05) is 0 Å². The minimum atomic E-state index is 0.327. The third kappa shape index (κ3) is 8.01. The van der Waals surface area contributed by atoms with Gasteiger partial charge in [0.05, 0.1) is 33.1 Å². The average molecular weight is 1080 g/mol. The van der Waals surface area contributed by atoms with Crippen LogP contribution in [0.3, 0.4) is 0 Å². The van der Waals surface area contributed by atoms with E-state index in [2.05, 4.69) is 301 Å². The van der Waals surface area contributed by atoms with Gasteiger partial charge in [0, 0.05) is 55.3 Å². The molecule has 3 nitrogen and oxygen atoms in total. The molecule has 15 aromatic rings. The van der Waals surface area contributed by atoms with E-state index in [-0.39, 0.29) is 0 Å². The first-order chi connectivity index (χ1) is 41.5. The third-order valence-electron chi connectivity index (χ3n) is 18.6. The first kappa shape index (κ1) is 49.8.